The first-order chi connectivity index (χ1) is 11.0. The summed E-state index contributed by atoms with van der Waals surface area (Å²) in [4.78, 5) is 26.5. The zero-order valence-corrected chi connectivity index (χ0v) is 13.8. The number of piperidine rings is 1. The molecule has 1 aliphatic heterocycles. The maximum Gasteiger partial charge on any atom is 0.251 e. The third kappa shape index (κ3) is 4.10. The molecule has 2 amide bonds. The number of rotatable bonds is 4. The second-order valence-corrected chi connectivity index (χ2v) is 6.94. The number of anilines is 1. The Morgan fingerprint density at radius 1 is 1.13 bits per heavy atom. The highest BCUT2D eigenvalue weighted by Crippen LogP contribution is 2.38. The summed E-state index contributed by atoms with van der Waals surface area (Å²) in [6.07, 6.45) is 2.97. The van der Waals surface area contributed by atoms with E-state index >= 15 is 0 Å². The Labute approximate surface area is 137 Å². The Morgan fingerprint density at radius 3 is 2.30 bits per heavy atom. The molecule has 5 nitrogen and oxygen atoms in total. The molecule has 1 saturated carbocycles. The number of nitrogens with one attached hydrogen (secondary N) is 2. The lowest BCUT2D eigenvalue weighted by Crippen LogP contribution is -2.43. The van der Waals surface area contributed by atoms with Crippen LogP contribution in [0.3, 0.4) is 0 Å². The summed E-state index contributed by atoms with van der Waals surface area (Å²) < 4.78 is 0. The highest BCUT2D eigenvalue weighted by atomic mass is 16.2. The molecule has 1 aromatic carbocycles. The van der Waals surface area contributed by atoms with Crippen LogP contribution >= 0.6 is 0 Å². The van der Waals surface area contributed by atoms with Crippen LogP contribution in [0.2, 0.25) is 0 Å². The maximum atomic E-state index is 12.3. The van der Waals surface area contributed by atoms with Gasteiger partial charge in [0.15, 0.2) is 0 Å². The molecule has 1 aromatic rings. The van der Waals surface area contributed by atoms with E-state index in [2.05, 4.69) is 29.5 Å². The minimum atomic E-state index is -0.0340. The van der Waals surface area contributed by atoms with E-state index in [4.69, 9.17) is 0 Å². The number of benzene rings is 1. The van der Waals surface area contributed by atoms with Gasteiger partial charge in [-0.1, -0.05) is 6.92 Å². The van der Waals surface area contributed by atoms with Crippen LogP contribution in [0.25, 0.3) is 0 Å². The number of carbonyl (C=O) groups excluding carboxylic acids is 2. The first-order valence-electron chi connectivity index (χ1n) is 8.43. The van der Waals surface area contributed by atoms with Gasteiger partial charge in [0, 0.05) is 23.2 Å². The van der Waals surface area contributed by atoms with Crippen LogP contribution in [0.4, 0.5) is 5.69 Å². The van der Waals surface area contributed by atoms with Crippen LogP contribution in [-0.4, -0.2) is 42.9 Å². The number of nitrogens with zero attached hydrogens (tertiary/aromatic N) is 1. The van der Waals surface area contributed by atoms with Gasteiger partial charge in [0.2, 0.25) is 5.91 Å². The van der Waals surface area contributed by atoms with Crippen molar-refractivity contribution in [1.29, 1.82) is 0 Å². The van der Waals surface area contributed by atoms with Gasteiger partial charge in [-0.05, 0) is 69.6 Å². The van der Waals surface area contributed by atoms with Crippen molar-refractivity contribution < 1.29 is 9.59 Å². The molecule has 2 aliphatic rings. The van der Waals surface area contributed by atoms with Crippen molar-refractivity contribution in [3.63, 3.8) is 0 Å². The van der Waals surface area contributed by atoms with Gasteiger partial charge < -0.3 is 15.5 Å². The van der Waals surface area contributed by atoms with Crippen molar-refractivity contribution in [3.05, 3.63) is 29.8 Å². The highest BCUT2D eigenvalue weighted by molar-refractivity contribution is 5.97. The summed E-state index contributed by atoms with van der Waals surface area (Å²) in [5.41, 5.74) is 1.40. The lowest BCUT2D eigenvalue weighted by Gasteiger charge is -2.29. The third-order valence-corrected chi connectivity index (χ3v) is 4.91. The minimum absolute atomic E-state index is 0.0340. The van der Waals surface area contributed by atoms with E-state index in [1.165, 1.54) is 0 Å². The fourth-order valence-electron chi connectivity index (χ4n) is 3.05. The zero-order valence-electron chi connectivity index (χ0n) is 13.8. The van der Waals surface area contributed by atoms with Crippen LogP contribution in [0.15, 0.2) is 24.3 Å². The summed E-state index contributed by atoms with van der Waals surface area (Å²) in [5.74, 6) is 0.700. The maximum absolute atomic E-state index is 12.3. The largest absolute Gasteiger partial charge is 0.349 e. The van der Waals surface area contributed by atoms with Gasteiger partial charge in [-0.2, -0.15) is 0 Å². The molecule has 0 unspecified atom stereocenters. The van der Waals surface area contributed by atoms with Crippen molar-refractivity contribution in [2.24, 2.45) is 11.8 Å². The SMILES string of the molecule is C[C@H]1C[C@H]1C(=O)Nc1ccc(C(=O)NC2CCN(C)CC2)cc1. The van der Waals surface area contributed by atoms with E-state index in [1.54, 1.807) is 24.3 Å². The molecule has 23 heavy (non-hydrogen) atoms. The van der Waals surface area contributed by atoms with E-state index in [-0.39, 0.29) is 23.8 Å². The summed E-state index contributed by atoms with van der Waals surface area (Å²) in [7, 11) is 2.10. The fraction of sp³-hybridized carbons (Fsp3) is 0.556. The molecule has 0 aromatic heterocycles. The molecule has 2 fully saturated rings. The van der Waals surface area contributed by atoms with Crippen molar-refractivity contribution >= 4 is 17.5 Å². The van der Waals surface area contributed by atoms with E-state index in [0.29, 0.717) is 11.5 Å². The molecule has 1 aliphatic carbocycles. The molecule has 1 saturated heterocycles. The van der Waals surface area contributed by atoms with Crippen molar-refractivity contribution in [3.8, 4) is 0 Å². The predicted octanol–water partition coefficient (Wildman–Crippen LogP) is 2.11. The number of carbonyl (C=O) groups is 2. The first kappa shape index (κ1) is 16.0. The summed E-state index contributed by atoms with van der Waals surface area (Å²) in [6.45, 7) is 4.13. The van der Waals surface area contributed by atoms with E-state index < -0.39 is 0 Å². The lowest BCUT2D eigenvalue weighted by molar-refractivity contribution is -0.117. The Hall–Kier alpha value is -1.88. The van der Waals surface area contributed by atoms with Crippen molar-refractivity contribution in [1.82, 2.24) is 10.2 Å². The second-order valence-electron chi connectivity index (χ2n) is 6.94. The monoisotopic (exact) mass is 315 g/mol. The summed E-state index contributed by atoms with van der Waals surface area (Å²) >= 11 is 0. The first-order valence-corrected chi connectivity index (χ1v) is 8.43. The molecule has 0 spiro atoms. The van der Waals surface area contributed by atoms with Crippen LogP contribution in [0.1, 0.15) is 36.5 Å². The minimum Gasteiger partial charge on any atom is -0.349 e. The molecule has 2 atom stereocenters. The normalized spacial score (nSPS) is 25.0. The van der Waals surface area contributed by atoms with Crippen LogP contribution in [0.5, 0.6) is 0 Å². The van der Waals surface area contributed by atoms with Crippen molar-refractivity contribution in [2.45, 2.75) is 32.2 Å². The average Bonchev–Trinajstić information content (AvgIpc) is 3.27. The van der Waals surface area contributed by atoms with E-state index in [9.17, 15) is 9.59 Å². The molecule has 124 valence electrons. The highest BCUT2D eigenvalue weighted by Gasteiger charge is 2.39. The van der Waals surface area contributed by atoms with Crippen LogP contribution < -0.4 is 10.6 Å². The number of hydrogen-bond acceptors (Lipinski definition) is 3. The molecule has 2 N–H and O–H groups in total. The lowest BCUT2D eigenvalue weighted by atomic mass is 10.0. The third-order valence-electron chi connectivity index (χ3n) is 4.91. The van der Waals surface area contributed by atoms with Gasteiger partial charge >= 0.3 is 0 Å². The zero-order chi connectivity index (χ0) is 16.4. The summed E-state index contributed by atoms with van der Waals surface area (Å²) in [5, 5.41) is 6.01. The number of hydrogen-bond donors (Lipinski definition) is 2. The number of amides is 2. The molecule has 5 heteroatoms. The van der Waals surface area contributed by atoms with Crippen LogP contribution in [-0.2, 0) is 4.79 Å². The summed E-state index contributed by atoms with van der Waals surface area (Å²) in [6, 6.07) is 7.41. The average molecular weight is 315 g/mol. The Kier molecular flexibility index (Phi) is 4.66. The van der Waals surface area contributed by atoms with Gasteiger partial charge in [0.25, 0.3) is 5.91 Å². The Morgan fingerprint density at radius 2 is 1.74 bits per heavy atom. The van der Waals surface area contributed by atoms with Gasteiger partial charge in [-0.3, -0.25) is 9.59 Å². The number of likely N-dealkylation sites (tertiary alicyclic amines) is 1. The molecule has 0 radical (unpaired) electrons. The van der Waals surface area contributed by atoms with Gasteiger partial charge in [-0.15, -0.1) is 0 Å². The molecule has 1 heterocycles. The van der Waals surface area contributed by atoms with Crippen molar-refractivity contribution in [2.75, 3.05) is 25.5 Å². The fourth-order valence-corrected chi connectivity index (χ4v) is 3.05. The van der Waals surface area contributed by atoms with Gasteiger partial charge in [-0.25, -0.2) is 0 Å². The van der Waals surface area contributed by atoms with E-state index in [1.807, 2.05) is 0 Å². The Balaban J connectivity index is 1.52. The molecular weight excluding hydrogens is 290 g/mol. The Bertz CT molecular complexity index is 576. The second kappa shape index (κ2) is 6.71. The topological polar surface area (TPSA) is 61.4 Å². The van der Waals surface area contributed by atoms with Crippen LogP contribution in [0, 0.1) is 11.8 Å². The molecule has 3 rings (SSSR count). The van der Waals surface area contributed by atoms with Gasteiger partial charge in [0.05, 0.1) is 0 Å². The van der Waals surface area contributed by atoms with Gasteiger partial charge in [0.1, 0.15) is 0 Å². The van der Waals surface area contributed by atoms with E-state index in [0.717, 1.165) is 38.0 Å². The quantitative estimate of drug-likeness (QED) is 0.894. The molecular formula is C18H25N3O2. The molecule has 0 bridgehead atoms. The predicted molar refractivity (Wildman–Crippen MR) is 90.3 cm³/mol. The smallest absolute Gasteiger partial charge is 0.251 e. The standard InChI is InChI=1S/C18H25N3O2/c1-12-11-16(12)18(23)20-14-5-3-13(4-6-14)17(22)19-15-7-9-21(2)10-8-15/h3-6,12,15-16H,7-11H2,1-2H3,(H,19,22)(H,20,23)/t12-,16+/m0/s1.